The number of hydrogen-bond acceptors (Lipinski definition) is 9. The van der Waals surface area contributed by atoms with Crippen molar-refractivity contribution in [1.29, 1.82) is 0 Å². The highest BCUT2D eigenvalue weighted by molar-refractivity contribution is 5.82. The first-order valence-electron chi connectivity index (χ1n) is 9.27. The topological polar surface area (TPSA) is 113 Å². The van der Waals surface area contributed by atoms with Crippen LogP contribution >= 0.6 is 0 Å². The van der Waals surface area contributed by atoms with Gasteiger partial charge in [0.05, 0.1) is 32.0 Å². The van der Waals surface area contributed by atoms with Gasteiger partial charge in [0.2, 0.25) is 11.9 Å². The zero-order valence-electron chi connectivity index (χ0n) is 16.0. The van der Waals surface area contributed by atoms with Crippen molar-refractivity contribution in [3.05, 3.63) is 24.4 Å². The predicted octanol–water partition coefficient (Wildman–Crippen LogP) is 1.63. The second kappa shape index (κ2) is 8.36. The van der Waals surface area contributed by atoms with Gasteiger partial charge in [0.25, 0.3) is 0 Å². The van der Waals surface area contributed by atoms with E-state index in [4.69, 9.17) is 9.47 Å². The van der Waals surface area contributed by atoms with Crippen LogP contribution in [-0.2, 0) is 4.74 Å². The standard InChI is InChI=1S/C18H24N8O2/c1-12(26-5-7-28-8-6-26)10-19-16-22-17(24-18(23-16)27-2)21-14-3-4-15-13(9-14)11-20-25-15/h3-4,9,11-12H,5-8,10H2,1-2H3,(H,20,25)(H2,19,21,22,23,24). The smallest absolute Gasteiger partial charge is 0.322 e. The third-order valence-electron chi connectivity index (χ3n) is 4.72. The molecule has 0 amide bonds. The van der Waals surface area contributed by atoms with Crippen LogP contribution in [-0.4, -0.2) is 76.0 Å². The molecule has 3 N–H and O–H groups in total. The van der Waals surface area contributed by atoms with Crippen LogP contribution in [0.5, 0.6) is 6.01 Å². The van der Waals surface area contributed by atoms with E-state index in [0.29, 0.717) is 24.5 Å². The molecule has 10 heteroatoms. The van der Waals surface area contributed by atoms with Crippen molar-refractivity contribution in [2.75, 3.05) is 50.6 Å². The van der Waals surface area contributed by atoms with Gasteiger partial charge < -0.3 is 20.1 Å². The minimum atomic E-state index is 0.253. The Hall–Kier alpha value is -2.98. The summed E-state index contributed by atoms with van der Waals surface area (Å²) in [6, 6.07) is 6.45. The first kappa shape index (κ1) is 18.4. The fraction of sp³-hybridized carbons (Fsp3) is 0.444. The van der Waals surface area contributed by atoms with Crippen LogP contribution in [0.2, 0.25) is 0 Å². The molecule has 1 aromatic carbocycles. The molecule has 0 aliphatic carbocycles. The van der Waals surface area contributed by atoms with Gasteiger partial charge in [-0.2, -0.15) is 20.1 Å². The number of H-pyrrole nitrogens is 1. The Morgan fingerprint density at radius 2 is 2.04 bits per heavy atom. The molecule has 10 nitrogen and oxygen atoms in total. The van der Waals surface area contributed by atoms with Crippen LogP contribution < -0.4 is 15.4 Å². The number of anilines is 3. The predicted molar refractivity (Wildman–Crippen MR) is 106 cm³/mol. The van der Waals surface area contributed by atoms with E-state index in [2.05, 4.69) is 47.6 Å². The van der Waals surface area contributed by atoms with E-state index in [1.165, 1.54) is 7.11 Å². The van der Waals surface area contributed by atoms with Crippen LogP contribution in [0.3, 0.4) is 0 Å². The first-order chi connectivity index (χ1) is 13.7. The van der Waals surface area contributed by atoms with Crippen molar-refractivity contribution in [3.63, 3.8) is 0 Å². The highest BCUT2D eigenvalue weighted by Crippen LogP contribution is 2.21. The van der Waals surface area contributed by atoms with Gasteiger partial charge in [0.15, 0.2) is 0 Å². The Morgan fingerprint density at radius 3 is 2.86 bits per heavy atom. The molecule has 2 aromatic heterocycles. The fourth-order valence-electron chi connectivity index (χ4n) is 3.12. The Bertz CT molecular complexity index is 925. The van der Waals surface area contributed by atoms with E-state index < -0.39 is 0 Å². The zero-order chi connectivity index (χ0) is 19.3. The van der Waals surface area contributed by atoms with Gasteiger partial charge >= 0.3 is 6.01 Å². The van der Waals surface area contributed by atoms with Crippen molar-refractivity contribution in [2.45, 2.75) is 13.0 Å². The van der Waals surface area contributed by atoms with Gasteiger partial charge in [-0.25, -0.2) is 0 Å². The minimum Gasteiger partial charge on any atom is -0.467 e. The molecule has 1 fully saturated rings. The normalized spacial score (nSPS) is 16.1. The van der Waals surface area contributed by atoms with Crippen LogP contribution in [0.1, 0.15) is 6.92 Å². The van der Waals surface area contributed by atoms with Crippen molar-refractivity contribution in [1.82, 2.24) is 30.0 Å². The highest BCUT2D eigenvalue weighted by atomic mass is 16.5. The van der Waals surface area contributed by atoms with Crippen LogP contribution in [0.15, 0.2) is 24.4 Å². The zero-order valence-corrected chi connectivity index (χ0v) is 16.0. The second-order valence-corrected chi connectivity index (χ2v) is 6.64. The third-order valence-corrected chi connectivity index (χ3v) is 4.72. The number of aromatic nitrogens is 5. The number of methoxy groups -OCH3 is 1. The average molecular weight is 384 g/mol. The van der Waals surface area contributed by atoms with E-state index in [1.807, 2.05) is 18.2 Å². The molecule has 1 unspecified atom stereocenters. The quantitative estimate of drug-likeness (QED) is 0.559. The van der Waals surface area contributed by atoms with Crippen LogP contribution in [0.25, 0.3) is 10.9 Å². The van der Waals surface area contributed by atoms with E-state index >= 15 is 0 Å². The van der Waals surface area contributed by atoms with Gasteiger partial charge in [-0.3, -0.25) is 10.00 Å². The summed E-state index contributed by atoms with van der Waals surface area (Å²) in [5.74, 6) is 0.884. The van der Waals surface area contributed by atoms with Crippen LogP contribution in [0.4, 0.5) is 17.6 Å². The van der Waals surface area contributed by atoms with Crippen molar-refractivity contribution < 1.29 is 9.47 Å². The summed E-state index contributed by atoms with van der Waals surface area (Å²) in [6.45, 7) is 6.32. The summed E-state index contributed by atoms with van der Waals surface area (Å²) in [7, 11) is 1.54. The number of benzene rings is 1. The second-order valence-electron chi connectivity index (χ2n) is 6.64. The third kappa shape index (κ3) is 4.29. The lowest BCUT2D eigenvalue weighted by Crippen LogP contribution is -2.45. The largest absolute Gasteiger partial charge is 0.467 e. The van der Waals surface area contributed by atoms with E-state index in [1.54, 1.807) is 6.20 Å². The molecule has 0 spiro atoms. The number of rotatable bonds is 7. The molecular formula is C18H24N8O2. The minimum absolute atomic E-state index is 0.253. The molecule has 28 heavy (non-hydrogen) atoms. The number of ether oxygens (including phenoxy) is 2. The number of hydrogen-bond donors (Lipinski definition) is 3. The van der Waals surface area contributed by atoms with Gasteiger partial charge in [0, 0.05) is 36.7 Å². The number of nitrogens with one attached hydrogen (secondary N) is 3. The molecule has 3 heterocycles. The maximum absolute atomic E-state index is 5.41. The molecule has 0 saturated carbocycles. The van der Waals surface area contributed by atoms with Gasteiger partial charge in [-0.05, 0) is 25.1 Å². The molecule has 4 rings (SSSR count). The number of aromatic amines is 1. The number of morpholine rings is 1. The molecule has 3 aromatic rings. The molecular weight excluding hydrogens is 360 g/mol. The van der Waals surface area contributed by atoms with Gasteiger partial charge in [0.1, 0.15) is 0 Å². The lowest BCUT2D eigenvalue weighted by molar-refractivity contribution is 0.0227. The first-order valence-corrected chi connectivity index (χ1v) is 9.27. The lowest BCUT2D eigenvalue weighted by atomic mass is 10.2. The van der Waals surface area contributed by atoms with Gasteiger partial charge in [-0.1, -0.05) is 0 Å². The summed E-state index contributed by atoms with van der Waals surface area (Å²) in [4.78, 5) is 15.4. The molecule has 148 valence electrons. The molecule has 1 atom stereocenters. The molecule has 1 saturated heterocycles. The van der Waals surface area contributed by atoms with E-state index in [-0.39, 0.29) is 6.01 Å². The maximum atomic E-state index is 5.41. The molecule has 0 bridgehead atoms. The Labute approximate surface area is 162 Å². The SMILES string of the molecule is COc1nc(NCC(C)N2CCOCC2)nc(Nc2ccc3[nH]ncc3c2)n1. The number of fused-ring (bicyclic) bond motifs is 1. The fourth-order valence-corrected chi connectivity index (χ4v) is 3.12. The lowest BCUT2D eigenvalue weighted by Gasteiger charge is -2.32. The Balaban J connectivity index is 1.45. The van der Waals surface area contributed by atoms with Gasteiger partial charge in [-0.15, -0.1) is 0 Å². The molecule has 0 radical (unpaired) electrons. The highest BCUT2D eigenvalue weighted by Gasteiger charge is 2.17. The monoisotopic (exact) mass is 384 g/mol. The molecule has 1 aliphatic heterocycles. The van der Waals surface area contributed by atoms with Crippen LogP contribution in [0, 0.1) is 0 Å². The summed E-state index contributed by atoms with van der Waals surface area (Å²) < 4.78 is 10.6. The van der Waals surface area contributed by atoms with Crippen molar-refractivity contribution >= 4 is 28.5 Å². The summed E-state index contributed by atoms with van der Waals surface area (Å²) in [5.41, 5.74) is 1.83. The number of nitrogens with zero attached hydrogens (tertiary/aromatic N) is 5. The molecule has 1 aliphatic rings. The van der Waals surface area contributed by atoms with Crippen molar-refractivity contribution in [2.24, 2.45) is 0 Å². The summed E-state index contributed by atoms with van der Waals surface area (Å²) in [6.07, 6.45) is 1.77. The maximum Gasteiger partial charge on any atom is 0.322 e. The van der Waals surface area contributed by atoms with E-state index in [0.717, 1.165) is 42.9 Å². The summed E-state index contributed by atoms with van der Waals surface area (Å²) >= 11 is 0. The summed E-state index contributed by atoms with van der Waals surface area (Å²) in [5, 5.41) is 14.5. The van der Waals surface area contributed by atoms with Crippen molar-refractivity contribution in [3.8, 4) is 6.01 Å². The Morgan fingerprint density at radius 1 is 1.21 bits per heavy atom. The Kier molecular flexibility index (Phi) is 5.49. The average Bonchev–Trinajstić information content (AvgIpc) is 3.20. The van der Waals surface area contributed by atoms with E-state index in [9.17, 15) is 0 Å².